The molecule has 5 heteroatoms. The Morgan fingerprint density at radius 2 is 1.65 bits per heavy atom. The summed E-state index contributed by atoms with van der Waals surface area (Å²) < 4.78 is 5.81. The van der Waals surface area contributed by atoms with Crippen molar-refractivity contribution in [3.8, 4) is 0 Å². The Kier molecular flexibility index (Phi) is 5.07. The molecule has 0 fully saturated rings. The number of benzene rings is 2. The van der Waals surface area contributed by atoms with Gasteiger partial charge in [0.2, 0.25) is 5.76 Å². The minimum atomic E-state index is -0.261. The van der Waals surface area contributed by atoms with Gasteiger partial charge in [0, 0.05) is 24.0 Å². The molecular formula is C21H22N2O3. The molecule has 2 aromatic carbocycles. The van der Waals surface area contributed by atoms with Gasteiger partial charge in [-0.15, -0.1) is 0 Å². The number of hydrogen-bond donors (Lipinski definition) is 1. The van der Waals surface area contributed by atoms with E-state index in [2.05, 4.69) is 5.32 Å². The highest BCUT2D eigenvalue weighted by molar-refractivity contribution is 6.14. The molecule has 0 unspecified atom stereocenters. The van der Waals surface area contributed by atoms with E-state index < -0.39 is 0 Å². The van der Waals surface area contributed by atoms with Crippen LogP contribution in [0.4, 0.5) is 5.69 Å². The van der Waals surface area contributed by atoms with Crippen LogP contribution < -0.4 is 5.32 Å². The molecule has 0 radical (unpaired) electrons. The van der Waals surface area contributed by atoms with E-state index in [4.69, 9.17) is 4.42 Å². The molecule has 0 spiro atoms. The lowest BCUT2D eigenvalue weighted by Gasteiger charge is -2.18. The third-order valence-corrected chi connectivity index (χ3v) is 4.47. The predicted molar refractivity (Wildman–Crippen MR) is 103 cm³/mol. The second-order valence-corrected chi connectivity index (χ2v) is 6.05. The van der Waals surface area contributed by atoms with Gasteiger partial charge < -0.3 is 14.6 Å². The summed E-state index contributed by atoms with van der Waals surface area (Å²) in [7, 11) is 0. The Morgan fingerprint density at radius 3 is 2.35 bits per heavy atom. The van der Waals surface area contributed by atoms with Gasteiger partial charge in [0.05, 0.1) is 0 Å². The standard InChI is InChI=1S/C21H22N2O3/c1-4-23(5-2)21(25)19-18(16-12-8-9-13-17(16)26-19)22-20(24)15-11-7-6-10-14(15)3/h6-13H,4-5H2,1-3H3,(H,22,24). The van der Waals surface area contributed by atoms with Gasteiger partial charge in [0.15, 0.2) is 0 Å². The Morgan fingerprint density at radius 1 is 1.00 bits per heavy atom. The van der Waals surface area contributed by atoms with Gasteiger partial charge in [-0.05, 0) is 44.5 Å². The van der Waals surface area contributed by atoms with E-state index in [1.54, 1.807) is 17.0 Å². The highest BCUT2D eigenvalue weighted by Gasteiger charge is 2.25. The van der Waals surface area contributed by atoms with Crippen molar-refractivity contribution in [3.05, 3.63) is 65.4 Å². The third kappa shape index (κ3) is 3.20. The van der Waals surface area contributed by atoms with Crippen molar-refractivity contribution in [3.63, 3.8) is 0 Å². The van der Waals surface area contributed by atoms with E-state index >= 15 is 0 Å². The fraction of sp³-hybridized carbons (Fsp3) is 0.238. The molecule has 0 aliphatic heterocycles. The zero-order valence-electron chi connectivity index (χ0n) is 15.2. The summed E-state index contributed by atoms with van der Waals surface area (Å²) >= 11 is 0. The van der Waals surface area contributed by atoms with Crippen LogP contribution in [0.3, 0.4) is 0 Å². The Hall–Kier alpha value is -3.08. The molecule has 1 aromatic heterocycles. The average molecular weight is 350 g/mol. The highest BCUT2D eigenvalue weighted by Crippen LogP contribution is 2.32. The van der Waals surface area contributed by atoms with Crippen molar-refractivity contribution in [2.75, 3.05) is 18.4 Å². The number of amides is 2. The first kappa shape index (κ1) is 17.7. The van der Waals surface area contributed by atoms with Crippen LogP contribution in [-0.4, -0.2) is 29.8 Å². The van der Waals surface area contributed by atoms with Crippen LogP contribution in [0.1, 0.15) is 40.3 Å². The zero-order chi connectivity index (χ0) is 18.7. The zero-order valence-corrected chi connectivity index (χ0v) is 15.2. The molecule has 5 nitrogen and oxygen atoms in total. The van der Waals surface area contributed by atoms with Crippen molar-refractivity contribution in [1.29, 1.82) is 0 Å². The van der Waals surface area contributed by atoms with Gasteiger partial charge in [-0.1, -0.05) is 30.3 Å². The average Bonchev–Trinajstić information content (AvgIpc) is 3.01. The van der Waals surface area contributed by atoms with Gasteiger partial charge in [-0.2, -0.15) is 0 Å². The maximum Gasteiger partial charge on any atom is 0.291 e. The molecule has 3 rings (SSSR count). The number of hydrogen-bond acceptors (Lipinski definition) is 3. The van der Waals surface area contributed by atoms with Gasteiger partial charge in [0.25, 0.3) is 11.8 Å². The summed E-state index contributed by atoms with van der Waals surface area (Å²) in [6, 6.07) is 14.7. The van der Waals surface area contributed by atoms with Crippen LogP contribution in [0.2, 0.25) is 0 Å². The van der Waals surface area contributed by atoms with Crippen LogP contribution in [0.15, 0.2) is 52.9 Å². The summed E-state index contributed by atoms with van der Waals surface area (Å²) in [6.07, 6.45) is 0. The van der Waals surface area contributed by atoms with Crippen molar-refractivity contribution < 1.29 is 14.0 Å². The summed E-state index contributed by atoms with van der Waals surface area (Å²) in [6.45, 7) is 6.84. The minimum absolute atomic E-state index is 0.164. The summed E-state index contributed by atoms with van der Waals surface area (Å²) in [5.41, 5.74) is 2.43. The van der Waals surface area contributed by atoms with Crippen molar-refractivity contribution in [2.45, 2.75) is 20.8 Å². The molecule has 0 atom stereocenters. The smallest absolute Gasteiger partial charge is 0.291 e. The molecule has 3 aromatic rings. The number of carbonyl (C=O) groups excluding carboxylic acids is 2. The second-order valence-electron chi connectivity index (χ2n) is 6.05. The number of nitrogens with one attached hydrogen (secondary N) is 1. The lowest BCUT2D eigenvalue weighted by Crippen LogP contribution is -2.31. The lowest BCUT2D eigenvalue weighted by atomic mass is 10.1. The number of rotatable bonds is 5. The summed E-state index contributed by atoms with van der Waals surface area (Å²) in [5.74, 6) is -0.327. The second kappa shape index (κ2) is 7.44. The normalized spacial score (nSPS) is 10.7. The number of fused-ring (bicyclic) bond motifs is 1. The van der Waals surface area contributed by atoms with E-state index in [-0.39, 0.29) is 17.6 Å². The fourth-order valence-corrected chi connectivity index (χ4v) is 2.98. The SMILES string of the molecule is CCN(CC)C(=O)c1oc2ccccc2c1NC(=O)c1ccccc1C. The van der Waals surface area contributed by atoms with E-state index in [1.165, 1.54) is 0 Å². The number of nitrogens with zero attached hydrogens (tertiary/aromatic N) is 1. The van der Waals surface area contributed by atoms with Crippen LogP contribution in [0, 0.1) is 6.92 Å². The number of para-hydroxylation sites is 1. The monoisotopic (exact) mass is 350 g/mol. The maximum absolute atomic E-state index is 12.9. The summed E-state index contributed by atoms with van der Waals surface area (Å²) in [4.78, 5) is 27.3. The molecular weight excluding hydrogens is 328 g/mol. The number of carbonyl (C=O) groups is 2. The molecule has 0 saturated heterocycles. The first-order valence-corrected chi connectivity index (χ1v) is 8.74. The van der Waals surface area contributed by atoms with E-state index in [1.807, 2.05) is 57.2 Å². The van der Waals surface area contributed by atoms with Crippen LogP contribution in [0.5, 0.6) is 0 Å². The van der Waals surface area contributed by atoms with Gasteiger partial charge in [-0.25, -0.2) is 0 Å². The predicted octanol–water partition coefficient (Wildman–Crippen LogP) is 4.48. The van der Waals surface area contributed by atoms with Crippen molar-refractivity contribution in [1.82, 2.24) is 4.90 Å². The number of aryl methyl sites for hydroxylation is 1. The Balaban J connectivity index is 2.06. The van der Waals surface area contributed by atoms with Gasteiger partial charge in [-0.3, -0.25) is 9.59 Å². The molecule has 134 valence electrons. The first-order chi connectivity index (χ1) is 12.6. The summed E-state index contributed by atoms with van der Waals surface area (Å²) in [5, 5.41) is 3.61. The van der Waals surface area contributed by atoms with Crippen molar-refractivity contribution in [2.24, 2.45) is 0 Å². The molecule has 1 heterocycles. The van der Waals surface area contributed by atoms with Crippen molar-refractivity contribution >= 4 is 28.5 Å². The van der Waals surface area contributed by atoms with E-state index in [0.29, 0.717) is 35.3 Å². The molecule has 0 aliphatic rings. The molecule has 0 saturated carbocycles. The van der Waals surface area contributed by atoms with E-state index in [0.717, 1.165) is 5.56 Å². The molecule has 0 bridgehead atoms. The maximum atomic E-state index is 12.9. The molecule has 0 aliphatic carbocycles. The van der Waals surface area contributed by atoms with Crippen LogP contribution >= 0.6 is 0 Å². The number of anilines is 1. The minimum Gasteiger partial charge on any atom is -0.449 e. The lowest BCUT2D eigenvalue weighted by molar-refractivity contribution is 0.0745. The fourth-order valence-electron chi connectivity index (χ4n) is 2.98. The van der Waals surface area contributed by atoms with Gasteiger partial charge >= 0.3 is 0 Å². The molecule has 26 heavy (non-hydrogen) atoms. The third-order valence-electron chi connectivity index (χ3n) is 4.47. The Labute approximate surface area is 152 Å². The van der Waals surface area contributed by atoms with Gasteiger partial charge in [0.1, 0.15) is 11.3 Å². The quantitative estimate of drug-likeness (QED) is 0.738. The number of furan rings is 1. The molecule has 1 N–H and O–H groups in total. The molecule has 2 amide bonds. The Bertz CT molecular complexity index is 955. The van der Waals surface area contributed by atoms with Crippen LogP contribution in [0.25, 0.3) is 11.0 Å². The first-order valence-electron chi connectivity index (χ1n) is 8.74. The van der Waals surface area contributed by atoms with Crippen LogP contribution in [-0.2, 0) is 0 Å². The van der Waals surface area contributed by atoms with E-state index in [9.17, 15) is 9.59 Å². The largest absolute Gasteiger partial charge is 0.449 e. The topological polar surface area (TPSA) is 62.6 Å². The highest BCUT2D eigenvalue weighted by atomic mass is 16.3.